The summed E-state index contributed by atoms with van der Waals surface area (Å²) < 4.78 is 37.4. The van der Waals surface area contributed by atoms with E-state index in [2.05, 4.69) is 4.98 Å². The molecule has 0 N–H and O–H groups in total. The van der Waals surface area contributed by atoms with E-state index in [0.29, 0.717) is 0 Å². The topological polar surface area (TPSA) is 56.0 Å². The van der Waals surface area contributed by atoms with Crippen molar-refractivity contribution in [2.75, 3.05) is 0 Å². The van der Waals surface area contributed by atoms with Crippen LogP contribution in [0.15, 0.2) is 0 Å². The third-order valence-electron chi connectivity index (χ3n) is 1.37. The second-order valence-corrected chi connectivity index (χ2v) is 2.22. The molecule has 0 radical (unpaired) electrons. The first-order chi connectivity index (χ1) is 5.95. The van der Waals surface area contributed by atoms with E-state index in [1.165, 1.54) is 0 Å². The number of rotatable bonds is 1. The summed E-state index contributed by atoms with van der Waals surface area (Å²) in [4.78, 5) is 11.8. The van der Waals surface area contributed by atoms with Crippen molar-refractivity contribution in [3.05, 3.63) is 33.4 Å². The van der Waals surface area contributed by atoms with Gasteiger partial charge in [0.1, 0.15) is 5.69 Å². The fourth-order valence-corrected chi connectivity index (χ4v) is 0.815. The van der Waals surface area contributed by atoms with E-state index in [4.69, 9.17) is 0 Å². The molecule has 0 amide bonds. The summed E-state index contributed by atoms with van der Waals surface area (Å²) in [5.41, 5.74) is -1.64. The third kappa shape index (κ3) is 1.44. The summed E-state index contributed by atoms with van der Waals surface area (Å²) in [6, 6.07) is 0. The molecule has 4 nitrogen and oxygen atoms in total. The Morgan fingerprint density at radius 3 is 2.31 bits per heavy atom. The molecule has 0 aliphatic heterocycles. The van der Waals surface area contributed by atoms with Gasteiger partial charge in [-0.25, -0.2) is 4.98 Å². The molecule has 0 aliphatic rings. The smallest absolute Gasteiger partial charge is 0.258 e. The highest BCUT2D eigenvalue weighted by atomic mass is 19.2. The Bertz CT molecular complexity index is 381. The van der Waals surface area contributed by atoms with E-state index in [1.54, 1.807) is 0 Å². The lowest BCUT2D eigenvalue weighted by Crippen LogP contribution is -2.04. The molecular weight excluding hydrogens is 189 g/mol. The van der Waals surface area contributed by atoms with E-state index in [-0.39, 0.29) is 0 Å². The average molecular weight is 192 g/mol. The average Bonchev–Trinajstić information content (AvgIpc) is 1.99. The lowest BCUT2D eigenvalue weighted by molar-refractivity contribution is -0.388. The van der Waals surface area contributed by atoms with Gasteiger partial charge in [-0.1, -0.05) is 0 Å². The molecule has 0 aromatic carbocycles. The van der Waals surface area contributed by atoms with Crippen LogP contribution in [-0.2, 0) is 0 Å². The van der Waals surface area contributed by atoms with Crippen molar-refractivity contribution in [1.29, 1.82) is 0 Å². The normalized spacial score (nSPS) is 10.2. The van der Waals surface area contributed by atoms with Gasteiger partial charge < -0.3 is 0 Å². The number of nitro groups is 1. The van der Waals surface area contributed by atoms with Crippen LogP contribution < -0.4 is 0 Å². The van der Waals surface area contributed by atoms with Crippen LogP contribution in [0.5, 0.6) is 0 Å². The van der Waals surface area contributed by atoms with Crippen molar-refractivity contribution in [1.82, 2.24) is 4.98 Å². The van der Waals surface area contributed by atoms with Crippen LogP contribution in [0.4, 0.5) is 18.9 Å². The number of hydrogen-bond donors (Lipinski definition) is 0. The third-order valence-corrected chi connectivity index (χ3v) is 1.37. The van der Waals surface area contributed by atoms with Crippen LogP contribution in [0.25, 0.3) is 0 Å². The van der Waals surface area contributed by atoms with E-state index in [0.717, 1.165) is 6.92 Å². The highest BCUT2D eigenvalue weighted by Crippen LogP contribution is 2.23. The van der Waals surface area contributed by atoms with Crippen molar-refractivity contribution in [2.24, 2.45) is 0 Å². The molecule has 70 valence electrons. The lowest BCUT2D eigenvalue weighted by atomic mass is 10.3. The molecule has 13 heavy (non-hydrogen) atoms. The molecule has 0 saturated heterocycles. The Morgan fingerprint density at radius 2 is 1.85 bits per heavy atom. The van der Waals surface area contributed by atoms with Crippen LogP contribution in [0.1, 0.15) is 5.69 Å². The summed E-state index contributed by atoms with van der Waals surface area (Å²) in [5.74, 6) is -5.44. The first kappa shape index (κ1) is 9.43. The van der Waals surface area contributed by atoms with Crippen molar-refractivity contribution in [3.8, 4) is 0 Å². The van der Waals surface area contributed by atoms with Gasteiger partial charge in [0.15, 0.2) is 0 Å². The Morgan fingerprint density at radius 1 is 1.31 bits per heavy atom. The molecule has 0 bridgehead atoms. The largest absolute Gasteiger partial charge is 0.329 e. The highest BCUT2D eigenvalue weighted by Gasteiger charge is 2.26. The number of pyridine rings is 1. The van der Waals surface area contributed by atoms with E-state index >= 15 is 0 Å². The van der Waals surface area contributed by atoms with E-state index in [9.17, 15) is 23.3 Å². The van der Waals surface area contributed by atoms with Crippen molar-refractivity contribution in [3.63, 3.8) is 0 Å². The van der Waals surface area contributed by atoms with Crippen molar-refractivity contribution >= 4 is 5.69 Å². The van der Waals surface area contributed by atoms with Gasteiger partial charge in [0.05, 0.1) is 4.92 Å². The van der Waals surface area contributed by atoms with E-state index in [1.807, 2.05) is 0 Å². The second-order valence-electron chi connectivity index (χ2n) is 2.22. The number of aromatic nitrogens is 1. The van der Waals surface area contributed by atoms with E-state index < -0.39 is 33.9 Å². The van der Waals surface area contributed by atoms with Gasteiger partial charge in [-0.3, -0.25) is 10.1 Å². The SMILES string of the molecule is Cc1nc(F)c(F)c(F)c1[N+](=O)[O-]. The maximum absolute atomic E-state index is 12.7. The Hall–Kier alpha value is -1.66. The summed E-state index contributed by atoms with van der Waals surface area (Å²) in [6.07, 6.45) is 0. The summed E-state index contributed by atoms with van der Waals surface area (Å²) in [6.45, 7) is 1.02. The molecule has 0 aliphatic carbocycles. The first-order valence-corrected chi connectivity index (χ1v) is 3.10. The number of nitrogens with zero attached hydrogens (tertiary/aromatic N) is 2. The Labute approximate surface area is 70.2 Å². The fourth-order valence-electron chi connectivity index (χ4n) is 0.815. The van der Waals surface area contributed by atoms with Crippen molar-refractivity contribution < 1.29 is 18.1 Å². The van der Waals surface area contributed by atoms with Gasteiger partial charge in [-0.05, 0) is 6.92 Å². The quantitative estimate of drug-likeness (QED) is 0.386. The maximum Gasteiger partial charge on any atom is 0.329 e. The molecule has 1 aromatic rings. The highest BCUT2D eigenvalue weighted by molar-refractivity contribution is 5.36. The number of halogens is 3. The standard InChI is InChI=1S/C6H3F3N2O2/c1-2-5(11(12)13)3(7)4(8)6(9)10-2/h1H3. The van der Waals surface area contributed by atoms with Crippen LogP contribution in [-0.4, -0.2) is 9.91 Å². The predicted octanol–water partition coefficient (Wildman–Crippen LogP) is 1.72. The molecule has 1 heterocycles. The second kappa shape index (κ2) is 3.00. The summed E-state index contributed by atoms with van der Waals surface area (Å²) in [5, 5.41) is 10.1. The van der Waals surface area contributed by atoms with Gasteiger partial charge in [0.25, 0.3) is 5.95 Å². The molecule has 1 rings (SSSR count). The molecule has 7 heteroatoms. The van der Waals surface area contributed by atoms with Crippen LogP contribution in [0.2, 0.25) is 0 Å². The Kier molecular flexibility index (Phi) is 2.18. The first-order valence-electron chi connectivity index (χ1n) is 3.10. The zero-order chi connectivity index (χ0) is 10.2. The van der Waals surface area contributed by atoms with Gasteiger partial charge >= 0.3 is 5.69 Å². The minimum Gasteiger partial charge on any atom is -0.258 e. The monoisotopic (exact) mass is 192 g/mol. The molecule has 0 atom stereocenters. The van der Waals surface area contributed by atoms with Gasteiger partial charge in [0, 0.05) is 0 Å². The molecule has 0 spiro atoms. The van der Waals surface area contributed by atoms with Crippen LogP contribution in [0, 0.1) is 34.6 Å². The number of aryl methyl sites for hydroxylation is 1. The van der Waals surface area contributed by atoms with Gasteiger partial charge in [0.2, 0.25) is 11.6 Å². The van der Waals surface area contributed by atoms with Gasteiger partial charge in [-0.2, -0.15) is 13.2 Å². The minimum absolute atomic E-state index is 0.499. The minimum atomic E-state index is -1.93. The van der Waals surface area contributed by atoms with Gasteiger partial charge in [-0.15, -0.1) is 0 Å². The molecule has 0 saturated carbocycles. The number of hydrogen-bond acceptors (Lipinski definition) is 3. The summed E-state index contributed by atoms with van der Waals surface area (Å²) in [7, 11) is 0. The predicted molar refractivity (Wildman–Crippen MR) is 35.5 cm³/mol. The summed E-state index contributed by atoms with van der Waals surface area (Å²) >= 11 is 0. The molecule has 0 fully saturated rings. The zero-order valence-corrected chi connectivity index (χ0v) is 6.34. The molecular formula is C6H3F3N2O2. The van der Waals surface area contributed by atoms with Crippen LogP contribution >= 0.6 is 0 Å². The Balaban J connectivity index is 3.53. The fraction of sp³-hybridized carbons (Fsp3) is 0.167. The maximum atomic E-state index is 12.7. The van der Waals surface area contributed by atoms with Crippen molar-refractivity contribution in [2.45, 2.75) is 6.92 Å². The zero-order valence-electron chi connectivity index (χ0n) is 6.34. The van der Waals surface area contributed by atoms with Crippen LogP contribution in [0.3, 0.4) is 0 Å². The molecule has 1 aromatic heterocycles. The molecule has 0 unspecified atom stereocenters. The lowest BCUT2D eigenvalue weighted by Gasteiger charge is -1.98.